The van der Waals surface area contributed by atoms with Crippen molar-refractivity contribution in [2.75, 3.05) is 13.3 Å². The molecule has 0 saturated heterocycles. The molecule has 0 aliphatic heterocycles. The molecule has 1 aromatic carbocycles. The van der Waals surface area contributed by atoms with Crippen molar-refractivity contribution in [2.45, 2.75) is 70.6 Å². The Balaban J connectivity index is 2.25. The molecule has 1 aromatic rings. The Labute approximate surface area is 162 Å². The van der Waals surface area contributed by atoms with E-state index in [1.165, 1.54) is 19.3 Å². The summed E-state index contributed by atoms with van der Waals surface area (Å²) in [7, 11) is -2.76. The Morgan fingerprint density at radius 1 is 1.23 bits per heavy atom. The molecule has 1 N–H and O–H groups in total. The van der Waals surface area contributed by atoms with Crippen LogP contribution >= 0.6 is 7.37 Å². The molecule has 148 valence electrons. The SMILES string of the molecule is CCOP(C)(=O)c1ccc([C@@H](N[S+]([O-])C(C)(C)C)C2CCCCC2)cc1. The zero-order valence-corrected chi connectivity index (χ0v) is 18.5. The van der Waals surface area contributed by atoms with Crippen molar-refractivity contribution in [1.29, 1.82) is 0 Å². The van der Waals surface area contributed by atoms with Crippen molar-refractivity contribution >= 4 is 24.0 Å². The average molecular weight is 400 g/mol. The van der Waals surface area contributed by atoms with Crippen molar-refractivity contribution in [3.63, 3.8) is 0 Å². The Kier molecular flexibility index (Phi) is 7.82. The predicted molar refractivity (Wildman–Crippen MR) is 112 cm³/mol. The number of rotatable bonds is 7. The topological polar surface area (TPSA) is 61.4 Å². The number of benzene rings is 1. The van der Waals surface area contributed by atoms with Crippen molar-refractivity contribution in [3.8, 4) is 0 Å². The minimum absolute atomic E-state index is 0.0627. The Hall–Kier alpha value is -0.320. The van der Waals surface area contributed by atoms with Gasteiger partial charge in [0.05, 0.1) is 12.6 Å². The van der Waals surface area contributed by atoms with Crippen LogP contribution < -0.4 is 10.0 Å². The van der Waals surface area contributed by atoms with E-state index < -0.39 is 18.7 Å². The summed E-state index contributed by atoms with van der Waals surface area (Å²) < 4.78 is 33.9. The molecule has 3 atom stereocenters. The van der Waals surface area contributed by atoms with Gasteiger partial charge in [0.2, 0.25) is 7.37 Å². The third-order valence-electron chi connectivity index (χ3n) is 5.01. The monoisotopic (exact) mass is 399 g/mol. The van der Waals surface area contributed by atoms with Crippen LogP contribution in [0.4, 0.5) is 0 Å². The first-order valence-electron chi connectivity index (χ1n) is 9.66. The van der Waals surface area contributed by atoms with Crippen LogP contribution in [0.15, 0.2) is 24.3 Å². The van der Waals surface area contributed by atoms with Crippen molar-refractivity contribution in [3.05, 3.63) is 29.8 Å². The van der Waals surface area contributed by atoms with Gasteiger partial charge in [0.15, 0.2) is 0 Å². The van der Waals surface area contributed by atoms with Crippen LogP contribution in [0.2, 0.25) is 0 Å². The van der Waals surface area contributed by atoms with E-state index in [2.05, 4.69) is 4.72 Å². The lowest BCUT2D eigenvalue weighted by atomic mass is 9.81. The van der Waals surface area contributed by atoms with Crippen LogP contribution in [0, 0.1) is 5.92 Å². The lowest BCUT2D eigenvalue weighted by Gasteiger charge is -2.34. The maximum Gasteiger partial charge on any atom is 0.229 e. The van der Waals surface area contributed by atoms with Gasteiger partial charge in [-0.1, -0.05) is 31.4 Å². The summed E-state index contributed by atoms with van der Waals surface area (Å²) in [5, 5.41) is 0.738. The fourth-order valence-electron chi connectivity index (χ4n) is 3.47. The minimum Gasteiger partial charge on any atom is -0.598 e. The molecule has 4 nitrogen and oxygen atoms in total. The number of nitrogens with one attached hydrogen (secondary N) is 1. The largest absolute Gasteiger partial charge is 0.598 e. The Morgan fingerprint density at radius 2 is 1.81 bits per heavy atom. The fourth-order valence-corrected chi connectivity index (χ4v) is 5.71. The van der Waals surface area contributed by atoms with Gasteiger partial charge in [-0.25, -0.2) is 0 Å². The number of hydrogen-bond donors (Lipinski definition) is 1. The minimum atomic E-state index is -2.76. The molecular formula is C20H34NO3PS. The molecule has 0 heterocycles. The highest BCUT2D eigenvalue weighted by Gasteiger charge is 2.34. The average Bonchev–Trinajstić information content (AvgIpc) is 2.59. The van der Waals surface area contributed by atoms with E-state index in [9.17, 15) is 9.12 Å². The molecule has 1 fully saturated rings. The quantitative estimate of drug-likeness (QED) is 0.522. The van der Waals surface area contributed by atoms with Crippen molar-refractivity contribution in [2.24, 2.45) is 5.92 Å². The third kappa shape index (κ3) is 5.84. The van der Waals surface area contributed by atoms with E-state index >= 15 is 0 Å². The summed E-state index contributed by atoms with van der Waals surface area (Å²) in [4.78, 5) is 0. The van der Waals surface area contributed by atoms with Gasteiger partial charge in [0.25, 0.3) is 0 Å². The zero-order valence-electron chi connectivity index (χ0n) is 16.8. The molecular weight excluding hydrogens is 365 g/mol. The molecule has 0 radical (unpaired) electrons. The van der Waals surface area contributed by atoms with Crippen molar-refractivity contribution in [1.82, 2.24) is 4.72 Å². The second-order valence-electron chi connectivity index (χ2n) is 8.23. The molecule has 2 unspecified atom stereocenters. The van der Waals surface area contributed by atoms with E-state index in [0.29, 0.717) is 12.5 Å². The highest BCUT2D eigenvalue weighted by atomic mass is 32.2. The van der Waals surface area contributed by atoms with Crippen molar-refractivity contribution < 1.29 is 13.6 Å². The van der Waals surface area contributed by atoms with Crippen LogP contribution in [-0.2, 0) is 20.5 Å². The van der Waals surface area contributed by atoms with Gasteiger partial charge in [0.1, 0.15) is 4.75 Å². The van der Waals surface area contributed by atoms with Gasteiger partial charge in [-0.3, -0.25) is 4.57 Å². The highest BCUT2D eigenvalue weighted by Crippen LogP contribution is 2.42. The maximum atomic E-state index is 12.7. The molecule has 26 heavy (non-hydrogen) atoms. The fraction of sp³-hybridized carbons (Fsp3) is 0.700. The first-order valence-corrected chi connectivity index (χ1v) is 12.9. The summed E-state index contributed by atoms with van der Waals surface area (Å²) >= 11 is -1.12. The first-order chi connectivity index (χ1) is 12.1. The zero-order chi connectivity index (χ0) is 19.4. The molecule has 0 aromatic heterocycles. The second-order valence-corrected chi connectivity index (χ2v) is 12.7. The van der Waals surface area contributed by atoms with E-state index in [1.54, 1.807) is 6.66 Å². The lowest BCUT2D eigenvalue weighted by molar-refractivity contribution is 0.292. The van der Waals surface area contributed by atoms with Crippen LogP contribution in [0.25, 0.3) is 0 Å². The smallest absolute Gasteiger partial charge is 0.229 e. The van der Waals surface area contributed by atoms with Gasteiger partial charge >= 0.3 is 0 Å². The normalized spacial score (nSPS) is 21.2. The van der Waals surface area contributed by atoms with E-state index in [0.717, 1.165) is 23.7 Å². The molecule has 6 heteroatoms. The van der Waals surface area contributed by atoms with Crippen LogP contribution in [0.1, 0.15) is 71.4 Å². The van der Waals surface area contributed by atoms with Crippen LogP contribution in [-0.4, -0.2) is 22.6 Å². The van der Waals surface area contributed by atoms with Gasteiger partial charge in [-0.15, -0.1) is 4.72 Å². The summed E-state index contributed by atoms with van der Waals surface area (Å²) in [6.45, 7) is 9.93. The summed E-state index contributed by atoms with van der Waals surface area (Å²) in [6.07, 6.45) is 6.07. The summed E-state index contributed by atoms with van der Waals surface area (Å²) in [5.41, 5.74) is 1.12. The highest BCUT2D eigenvalue weighted by molar-refractivity contribution is 7.90. The first kappa shape index (κ1) is 22.0. The number of hydrogen-bond acceptors (Lipinski definition) is 4. The molecule has 0 spiro atoms. The Morgan fingerprint density at radius 3 is 2.31 bits per heavy atom. The lowest BCUT2D eigenvalue weighted by Crippen LogP contribution is -2.43. The van der Waals surface area contributed by atoms with E-state index in [1.807, 2.05) is 52.0 Å². The second kappa shape index (κ2) is 9.25. The van der Waals surface area contributed by atoms with Gasteiger partial charge < -0.3 is 9.08 Å². The third-order valence-corrected chi connectivity index (χ3v) is 8.58. The predicted octanol–water partition coefficient (Wildman–Crippen LogP) is 4.93. The molecule has 1 aliphatic carbocycles. The molecule has 1 saturated carbocycles. The van der Waals surface area contributed by atoms with Gasteiger partial charge in [-0.05, 0) is 64.2 Å². The molecule has 2 rings (SSSR count). The van der Waals surface area contributed by atoms with Gasteiger partial charge in [-0.2, -0.15) is 0 Å². The Bertz CT molecular complexity index is 608. The van der Waals surface area contributed by atoms with E-state index in [-0.39, 0.29) is 10.8 Å². The maximum absolute atomic E-state index is 12.7. The summed E-state index contributed by atoms with van der Waals surface area (Å²) in [5.74, 6) is 0.487. The van der Waals surface area contributed by atoms with Gasteiger partial charge in [0, 0.05) is 23.3 Å². The molecule has 1 aliphatic rings. The molecule has 0 amide bonds. The molecule has 0 bridgehead atoms. The summed E-state index contributed by atoms with van der Waals surface area (Å²) in [6, 6.07) is 7.92. The standard InChI is InChI=1S/C20H34NO3PS/c1-6-24-25(5,22)18-14-12-17(13-15-18)19(16-10-8-7-9-11-16)21-26(23)20(2,3)4/h12-16,19,21H,6-11H2,1-5H3/t19-,25?,26?/m0/s1. The van der Waals surface area contributed by atoms with E-state index in [4.69, 9.17) is 4.52 Å². The van der Waals surface area contributed by atoms with Crippen LogP contribution in [0.3, 0.4) is 0 Å². The van der Waals surface area contributed by atoms with Crippen LogP contribution in [0.5, 0.6) is 0 Å².